The van der Waals surface area contributed by atoms with Crippen LogP contribution in [-0.2, 0) is 4.79 Å². The molecule has 0 aliphatic heterocycles. The van der Waals surface area contributed by atoms with E-state index in [1.54, 1.807) is 0 Å². The van der Waals surface area contributed by atoms with E-state index < -0.39 is 0 Å². The van der Waals surface area contributed by atoms with Crippen LogP contribution in [0.5, 0.6) is 0 Å². The van der Waals surface area contributed by atoms with Gasteiger partial charge in [-0.15, -0.1) is 0 Å². The summed E-state index contributed by atoms with van der Waals surface area (Å²) in [7, 11) is 0. The quantitative estimate of drug-likeness (QED) is 0.636. The fourth-order valence-corrected chi connectivity index (χ4v) is 4.72. The van der Waals surface area contributed by atoms with Crippen molar-refractivity contribution in [2.45, 2.75) is 52.9 Å². The minimum absolute atomic E-state index is 0.121. The second-order valence-corrected chi connectivity index (χ2v) is 7.83. The highest BCUT2D eigenvalue weighted by molar-refractivity contribution is 5.95. The number of amides is 1. The zero-order chi connectivity index (χ0) is 18.0. The van der Waals surface area contributed by atoms with Crippen molar-refractivity contribution in [3.8, 4) is 0 Å². The van der Waals surface area contributed by atoms with Crippen LogP contribution in [0.3, 0.4) is 0 Å². The third-order valence-electron chi connectivity index (χ3n) is 5.67. The van der Waals surface area contributed by atoms with E-state index in [1.165, 1.54) is 12.0 Å². The number of nitrogens with one attached hydrogen (secondary N) is 1. The van der Waals surface area contributed by atoms with Crippen molar-refractivity contribution in [1.82, 2.24) is 0 Å². The third-order valence-corrected chi connectivity index (χ3v) is 5.67. The Morgan fingerprint density at radius 2 is 2.24 bits per heavy atom. The average Bonchev–Trinajstić information content (AvgIpc) is 3.03. The molecule has 2 heteroatoms. The van der Waals surface area contributed by atoms with Gasteiger partial charge in [0.1, 0.15) is 0 Å². The van der Waals surface area contributed by atoms with Gasteiger partial charge in [-0.25, -0.2) is 0 Å². The molecule has 1 aromatic rings. The first-order chi connectivity index (χ1) is 11.9. The summed E-state index contributed by atoms with van der Waals surface area (Å²) in [5.74, 6) is 0.830. The average molecular weight is 335 g/mol. The number of rotatable bonds is 5. The van der Waals surface area contributed by atoms with E-state index in [4.69, 9.17) is 0 Å². The van der Waals surface area contributed by atoms with Crippen molar-refractivity contribution in [2.24, 2.45) is 11.3 Å². The lowest BCUT2D eigenvalue weighted by Crippen LogP contribution is -2.25. The van der Waals surface area contributed by atoms with Gasteiger partial charge in [-0.3, -0.25) is 4.79 Å². The summed E-state index contributed by atoms with van der Waals surface area (Å²) in [6.45, 7) is 10.4. The monoisotopic (exact) mass is 335 g/mol. The van der Waals surface area contributed by atoms with Crippen molar-refractivity contribution in [3.63, 3.8) is 0 Å². The molecule has 1 aromatic carbocycles. The molecule has 2 unspecified atom stereocenters. The van der Waals surface area contributed by atoms with E-state index >= 15 is 0 Å². The van der Waals surface area contributed by atoms with E-state index in [-0.39, 0.29) is 11.3 Å². The van der Waals surface area contributed by atoms with E-state index in [0.717, 1.165) is 41.6 Å². The van der Waals surface area contributed by atoms with Crippen LogP contribution < -0.4 is 5.32 Å². The second-order valence-electron chi connectivity index (χ2n) is 7.83. The van der Waals surface area contributed by atoms with Gasteiger partial charge in [0.05, 0.1) is 0 Å². The predicted molar refractivity (Wildman–Crippen MR) is 107 cm³/mol. The van der Waals surface area contributed by atoms with Crippen LogP contribution >= 0.6 is 0 Å². The molecule has 0 heterocycles. The highest BCUT2D eigenvalue weighted by Crippen LogP contribution is 2.55. The number of anilines is 1. The molecule has 132 valence electrons. The Morgan fingerprint density at radius 3 is 2.96 bits per heavy atom. The summed E-state index contributed by atoms with van der Waals surface area (Å²) in [6, 6.07) is 6.03. The molecule has 1 amide bonds. The van der Waals surface area contributed by atoms with Gasteiger partial charge < -0.3 is 5.32 Å². The number of benzene rings is 1. The van der Waals surface area contributed by atoms with Gasteiger partial charge in [0, 0.05) is 23.1 Å². The summed E-state index contributed by atoms with van der Waals surface area (Å²) in [5.41, 5.74) is 5.67. The number of allylic oxidation sites excluding steroid dienone is 4. The first-order valence-corrected chi connectivity index (χ1v) is 9.36. The first-order valence-electron chi connectivity index (χ1n) is 9.36. The molecular weight excluding hydrogens is 306 g/mol. The van der Waals surface area contributed by atoms with Gasteiger partial charge in [0.15, 0.2) is 0 Å². The van der Waals surface area contributed by atoms with Crippen molar-refractivity contribution >= 4 is 23.2 Å². The molecule has 2 nitrogen and oxygen atoms in total. The lowest BCUT2D eigenvalue weighted by atomic mass is 9.79. The van der Waals surface area contributed by atoms with Crippen molar-refractivity contribution in [3.05, 3.63) is 53.6 Å². The number of carbonyl (C=O) groups excluding carboxylic acids is 1. The molecule has 0 radical (unpaired) electrons. The summed E-state index contributed by atoms with van der Waals surface area (Å²) in [5, 5.41) is 3.18. The summed E-state index contributed by atoms with van der Waals surface area (Å²) in [4.78, 5) is 12.9. The van der Waals surface area contributed by atoms with Gasteiger partial charge in [0.2, 0.25) is 5.91 Å². The van der Waals surface area contributed by atoms with Crippen LogP contribution in [0.25, 0.3) is 11.6 Å². The Kier molecular flexibility index (Phi) is 4.99. The van der Waals surface area contributed by atoms with Crippen molar-refractivity contribution < 1.29 is 4.79 Å². The molecule has 2 atom stereocenters. The Hall–Kier alpha value is -2.09. The van der Waals surface area contributed by atoms with Gasteiger partial charge in [-0.2, -0.15) is 0 Å². The molecule has 1 fully saturated rings. The topological polar surface area (TPSA) is 29.1 Å². The van der Waals surface area contributed by atoms with Crippen molar-refractivity contribution in [1.29, 1.82) is 0 Å². The molecule has 2 aliphatic rings. The number of hydrogen-bond donors (Lipinski definition) is 1. The molecular formula is C23H29NO. The number of fused-ring (bicyclic) bond motifs is 1. The van der Waals surface area contributed by atoms with Gasteiger partial charge in [0.25, 0.3) is 0 Å². The van der Waals surface area contributed by atoms with E-state index in [1.807, 2.05) is 32.1 Å². The van der Waals surface area contributed by atoms with Crippen molar-refractivity contribution in [2.75, 3.05) is 5.32 Å². The molecule has 0 bridgehead atoms. The van der Waals surface area contributed by atoms with Crippen LogP contribution in [-0.4, -0.2) is 5.91 Å². The Bertz CT molecular complexity index is 755. The maximum Gasteiger partial charge on any atom is 0.225 e. The van der Waals surface area contributed by atoms with Crippen LogP contribution in [0.2, 0.25) is 0 Å². The zero-order valence-corrected chi connectivity index (χ0v) is 15.7. The van der Waals surface area contributed by atoms with Crippen LogP contribution in [0.4, 0.5) is 5.69 Å². The molecule has 25 heavy (non-hydrogen) atoms. The lowest BCUT2D eigenvalue weighted by Gasteiger charge is -2.27. The Balaban J connectivity index is 1.81. The van der Waals surface area contributed by atoms with Gasteiger partial charge in [-0.1, -0.05) is 55.0 Å². The molecule has 0 spiro atoms. The number of hydrogen-bond acceptors (Lipinski definition) is 1. The number of carbonyl (C=O) groups is 1. The Morgan fingerprint density at radius 1 is 1.44 bits per heavy atom. The SMILES string of the molecule is C=C(C)c1cccc(NC(=O)CC23CCC=C2CC(C)C3)c1/C=C\C. The van der Waals surface area contributed by atoms with Crippen LogP contribution in [0.1, 0.15) is 64.0 Å². The van der Waals surface area contributed by atoms with Crippen LogP contribution in [0.15, 0.2) is 42.5 Å². The van der Waals surface area contributed by atoms with E-state index in [9.17, 15) is 4.79 Å². The Labute approximate surface area is 151 Å². The second kappa shape index (κ2) is 7.03. The van der Waals surface area contributed by atoms with E-state index in [2.05, 4.69) is 37.0 Å². The van der Waals surface area contributed by atoms with Gasteiger partial charge in [-0.05, 0) is 57.1 Å². The van der Waals surface area contributed by atoms with Crippen LogP contribution in [0, 0.1) is 11.3 Å². The molecule has 0 saturated heterocycles. The normalized spacial score (nSPS) is 25.1. The fourth-order valence-electron chi connectivity index (χ4n) is 4.72. The van der Waals surface area contributed by atoms with Gasteiger partial charge >= 0.3 is 0 Å². The standard InChI is InChI=1S/C23H29NO/c1-5-8-20-19(16(2)3)10-6-11-21(20)24-22(25)15-23-12-7-9-18(23)13-17(4)14-23/h5-6,8-11,17H,2,7,12-15H2,1,3-4H3,(H,24,25)/b8-5-. The lowest BCUT2D eigenvalue weighted by molar-refractivity contribution is -0.118. The molecule has 1 saturated carbocycles. The smallest absolute Gasteiger partial charge is 0.225 e. The molecule has 2 aliphatic carbocycles. The predicted octanol–water partition coefficient (Wildman–Crippen LogP) is 6.22. The fraction of sp³-hybridized carbons (Fsp3) is 0.435. The summed E-state index contributed by atoms with van der Waals surface area (Å²) >= 11 is 0. The highest BCUT2D eigenvalue weighted by Gasteiger charge is 2.44. The largest absolute Gasteiger partial charge is 0.325 e. The molecule has 0 aromatic heterocycles. The maximum atomic E-state index is 12.9. The molecule has 3 rings (SSSR count). The minimum atomic E-state index is 0.121. The highest BCUT2D eigenvalue weighted by atomic mass is 16.1. The van der Waals surface area contributed by atoms with E-state index in [0.29, 0.717) is 12.3 Å². The minimum Gasteiger partial charge on any atom is -0.325 e. The summed E-state index contributed by atoms with van der Waals surface area (Å²) < 4.78 is 0. The third kappa shape index (κ3) is 3.49. The first kappa shape index (κ1) is 17.7. The zero-order valence-electron chi connectivity index (χ0n) is 15.7. The molecule has 1 N–H and O–H groups in total. The summed E-state index contributed by atoms with van der Waals surface area (Å²) in [6.07, 6.45) is 11.6. The maximum absolute atomic E-state index is 12.9.